The van der Waals surface area contributed by atoms with Gasteiger partial charge in [0.15, 0.2) is 0 Å². The lowest BCUT2D eigenvalue weighted by Gasteiger charge is -2.12. The van der Waals surface area contributed by atoms with Gasteiger partial charge in [0, 0.05) is 5.56 Å². The third-order valence-electron chi connectivity index (χ3n) is 3.02. The summed E-state index contributed by atoms with van der Waals surface area (Å²) < 4.78 is 18.2. The van der Waals surface area contributed by atoms with Crippen LogP contribution >= 0.6 is 0 Å². The van der Waals surface area contributed by atoms with Crippen LogP contribution in [0.2, 0.25) is 0 Å². The van der Waals surface area contributed by atoms with Crippen molar-refractivity contribution in [1.29, 1.82) is 0 Å². The van der Waals surface area contributed by atoms with Crippen molar-refractivity contribution in [2.75, 3.05) is 0 Å². The topological polar surface area (TPSA) is 69.4 Å². The highest BCUT2D eigenvalue weighted by Gasteiger charge is 2.14. The van der Waals surface area contributed by atoms with Gasteiger partial charge in [0.05, 0.1) is 5.56 Å². The summed E-state index contributed by atoms with van der Waals surface area (Å²) in [7, 11) is 0. The molecule has 2 aromatic rings. The molecular weight excluding hydrogens is 273 g/mol. The number of nitrogens with two attached hydrogens (primary N) is 1. The molecule has 0 saturated heterocycles. The molecule has 0 saturated carbocycles. The zero-order chi connectivity index (χ0) is 15.6. The summed E-state index contributed by atoms with van der Waals surface area (Å²) >= 11 is 0. The summed E-state index contributed by atoms with van der Waals surface area (Å²) in [5, 5.41) is 0. The maximum atomic E-state index is 12.8. The van der Waals surface area contributed by atoms with E-state index in [0.717, 1.165) is 0 Å². The number of amides is 1. The van der Waals surface area contributed by atoms with Gasteiger partial charge in [-0.15, -0.1) is 0 Å². The zero-order valence-electron chi connectivity index (χ0n) is 11.6. The maximum Gasteiger partial charge on any atom is 0.343 e. The van der Waals surface area contributed by atoms with E-state index >= 15 is 0 Å². The van der Waals surface area contributed by atoms with Crippen LogP contribution in [0.15, 0.2) is 36.4 Å². The van der Waals surface area contributed by atoms with Gasteiger partial charge in [-0.25, -0.2) is 9.18 Å². The molecule has 4 nitrogen and oxygen atoms in total. The second-order valence-corrected chi connectivity index (χ2v) is 4.70. The van der Waals surface area contributed by atoms with Crippen molar-refractivity contribution in [1.82, 2.24) is 0 Å². The average Bonchev–Trinajstić information content (AvgIpc) is 2.43. The fourth-order valence-electron chi connectivity index (χ4n) is 1.99. The summed E-state index contributed by atoms with van der Waals surface area (Å²) in [6.45, 7) is 3.43. The first-order valence-electron chi connectivity index (χ1n) is 6.27. The van der Waals surface area contributed by atoms with E-state index in [2.05, 4.69) is 0 Å². The quantitative estimate of drug-likeness (QED) is 0.697. The molecule has 0 aliphatic heterocycles. The fraction of sp³-hybridized carbons (Fsp3) is 0.125. The molecule has 0 aliphatic carbocycles. The Morgan fingerprint density at radius 3 is 2.00 bits per heavy atom. The molecule has 0 heterocycles. The first-order valence-corrected chi connectivity index (χ1v) is 6.27. The number of primary amides is 1. The molecule has 21 heavy (non-hydrogen) atoms. The van der Waals surface area contributed by atoms with Gasteiger partial charge in [0.1, 0.15) is 11.6 Å². The standard InChI is InChI=1S/C16H14FNO3/c1-9-7-12(15(18)19)8-10(2)14(9)21-16(20)11-3-5-13(17)6-4-11/h3-8H,1-2H3,(H2,18,19). The van der Waals surface area contributed by atoms with Crippen LogP contribution in [0.5, 0.6) is 5.75 Å². The number of rotatable bonds is 3. The molecule has 0 fully saturated rings. The second-order valence-electron chi connectivity index (χ2n) is 4.70. The van der Waals surface area contributed by atoms with Crippen molar-refractivity contribution in [2.45, 2.75) is 13.8 Å². The smallest absolute Gasteiger partial charge is 0.343 e. The highest BCUT2D eigenvalue weighted by molar-refractivity contribution is 5.94. The van der Waals surface area contributed by atoms with Crippen LogP contribution in [0.3, 0.4) is 0 Å². The number of aryl methyl sites for hydroxylation is 2. The number of esters is 1. The van der Waals surface area contributed by atoms with E-state index in [9.17, 15) is 14.0 Å². The molecule has 5 heteroatoms. The minimum atomic E-state index is -0.590. The molecule has 0 radical (unpaired) electrons. The molecule has 108 valence electrons. The average molecular weight is 287 g/mol. The summed E-state index contributed by atoms with van der Waals surface area (Å²) in [5.41, 5.74) is 7.07. The Balaban J connectivity index is 2.29. The number of hydrogen-bond donors (Lipinski definition) is 1. The lowest BCUT2D eigenvalue weighted by atomic mass is 10.1. The van der Waals surface area contributed by atoms with Gasteiger partial charge >= 0.3 is 5.97 Å². The molecule has 2 rings (SSSR count). The Morgan fingerprint density at radius 2 is 1.52 bits per heavy atom. The van der Waals surface area contributed by atoms with Gasteiger partial charge in [-0.1, -0.05) is 0 Å². The maximum absolute atomic E-state index is 12.8. The normalized spacial score (nSPS) is 10.2. The van der Waals surface area contributed by atoms with E-state index in [1.54, 1.807) is 26.0 Å². The lowest BCUT2D eigenvalue weighted by Crippen LogP contribution is -2.14. The first kappa shape index (κ1) is 14.7. The third-order valence-corrected chi connectivity index (χ3v) is 3.02. The van der Waals surface area contributed by atoms with Crippen molar-refractivity contribution >= 4 is 11.9 Å². The predicted molar refractivity (Wildman–Crippen MR) is 75.8 cm³/mol. The van der Waals surface area contributed by atoms with Crippen molar-refractivity contribution in [3.63, 3.8) is 0 Å². The largest absolute Gasteiger partial charge is 0.422 e. The Morgan fingerprint density at radius 1 is 1.00 bits per heavy atom. The third kappa shape index (κ3) is 3.25. The number of benzene rings is 2. The molecule has 2 N–H and O–H groups in total. The van der Waals surface area contributed by atoms with Crippen LogP contribution in [0.25, 0.3) is 0 Å². The summed E-state index contributed by atoms with van der Waals surface area (Å²) in [6, 6.07) is 8.18. The van der Waals surface area contributed by atoms with Gasteiger partial charge in [-0.3, -0.25) is 4.79 Å². The molecule has 0 aliphatic rings. The van der Waals surface area contributed by atoms with Crippen LogP contribution in [0.1, 0.15) is 31.8 Å². The van der Waals surface area contributed by atoms with E-state index in [-0.39, 0.29) is 5.56 Å². The minimum absolute atomic E-state index is 0.245. The first-order chi connectivity index (χ1) is 9.88. The summed E-state index contributed by atoms with van der Waals surface area (Å²) in [4.78, 5) is 23.2. The molecular formula is C16H14FNO3. The zero-order valence-corrected chi connectivity index (χ0v) is 11.6. The van der Waals surface area contributed by atoms with Crippen molar-refractivity contribution in [3.05, 3.63) is 64.5 Å². The molecule has 0 aromatic heterocycles. The van der Waals surface area contributed by atoms with Crippen LogP contribution in [-0.2, 0) is 0 Å². The van der Waals surface area contributed by atoms with E-state index in [0.29, 0.717) is 22.4 Å². The lowest BCUT2D eigenvalue weighted by molar-refractivity contribution is 0.0732. The highest BCUT2D eigenvalue weighted by Crippen LogP contribution is 2.25. The monoisotopic (exact) mass is 287 g/mol. The number of ether oxygens (including phenoxy) is 1. The summed E-state index contributed by atoms with van der Waals surface area (Å²) in [6.07, 6.45) is 0. The van der Waals surface area contributed by atoms with Crippen LogP contribution in [-0.4, -0.2) is 11.9 Å². The van der Waals surface area contributed by atoms with Crippen LogP contribution < -0.4 is 10.5 Å². The van der Waals surface area contributed by atoms with Crippen LogP contribution in [0, 0.1) is 19.7 Å². The minimum Gasteiger partial charge on any atom is -0.422 e. The van der Waals surface area contributed by atoms with Crippen molar-refractivity contribution in [3.8, 4) is 5.75 Å². The molecule has 0 spiro atoms. The number of carbonyl (C=O) groups excluding carboxylic acids is 2. The Bertz CT molecular complexity index is 685. The highest BCUT2D eigenvalue weighted by atomic mass is 19.1. The van der Waals surface area contributed by atoms with Gasteiger partial charge in [-0.05, 0) is 61.4 Å². The predicted octanol–water partition coefficient (Wildman–Crippen LogP) is 2.76. The van der Waals surface area contributed by atoms with Crippen molar-refractivity contribution < 1.29 is 18.7 Å². The molecule has 0 unspecified atom stereocenters. The Labute approximate surface area is 121 Å². The number of halogens is 1. The Kier molecular flexibility index (Phi) is 4.03. The van der Waals surface area contributed by atoms with Gasteiger partial charge < -0.3 is 10.5 Å². The Hall–Kier alpha value is -2.69. The molecule has 2 aromatic carbocycles. The van der Waals surface area contributed by atoms with Gasteiger partial charge in [-0.2, -0.15) is 0 Å². The van der Waals surface area contributed by atoms with E-state index in [1.165, 1.54) is 24.3 Å². The molecule has 0 atom stereocenters. The van der Waals surface area contributed by atoms with E-state index in [1.807, 2.05) is 0 Å². The summed E-state index contributed by atoms with van der Waals surface area (Å²) in [5.74, 6) is -1.19. The SMILES string of the molecule is Cc1cc(C(N)=O)cc(C)c1OC(=O)c1ccc(F)cc1. The molecule has 1 amide bonds. The molecule has 0 bridgehead atoms. The fourth-order valence-corrected chi connectivity index (χ4v) is 1.99. The number of carbonyl (C=O) groups is 2. The van der Waals surface area contributed by atoms with Crippen molar-refractivity contribution in [2.24, 2.45) is 5.73 Å². The van der Waals surface area contributed by atoms with E-state index in [4.69, 9.17) is 10.5 Å². The number of hydrogen-bond acceptors (Lipinski definition) is 3. The second kappa shape index (κ2) is 5.75. The van der Waals surface area contributed by atoms with Crippen LogP contribution in [0.4, 0.5) is 4.39 Å². The van der Waals surface area contributed by atoms with Gasteiger partial charge in [0.2, 0.25) is 5.91 Å². The van der Waals surface area contributed by atoms with Gasteiger partial charge in [0.25, 0.3) is 0 Å². The van der Waals surface area contributed by atoms with E-state index < -0.39 is 17.7 Å².